The highest BCUT2D eigenvalue weighted by molar-refractivity contribution is 5.74. The number of benzene rings is 1. The van der Waals surface area contributed by atoms with E-state index in [0.29, 0.717) is 24.6 Å². The molecule has 1 fully saturated rings. The first-order chi connectivity index (χ1) is 12.7. The average Bonchev–Trinajstić information content (AvgIpc) is 3.10. The van der Waals surface area contributed by atoms with E-state index in [4.69, 9.17) is 9.15 Å². The Morgan fingerprint density at radius 1 is 1.26 bits per heavy atom. The number of carbonyl (C=O) groups excluding carboxylic acids is 1. The lowest BCUT2D eigenvalue weighted by molar-refractivity contribution is -0.144. The van der Waals surface area contributed by atoms with Crippen LogP contribution in [0.25, 0.3) is 11.3 Å². The Bertz CT molecular complexity index is 809. The van der Waals surface area contributed by atoms with Crippen molar-refractivity contribution < 1.29 is 23.8 Å². The summed E-state index contributed by atoms with van der Waals surface area (Å²) in [4.78, 5) is 29.9. The van der Waals surface area contributed by atoms with Crippen LogP contribution in [0.2, 0.25) is 0 Å². The van der Waals surface area contributed by atoms with Crippen LogP contribution in [0, 0.1) is 5.92 Å². The van der Waals surface area contributed by atoms with E-state index in [1.807, 2.05) is 30.3 Å². The van der Waals surface area contributed by atoms with Crippen LogP contribution in [0.15, 0.2) is 40.9 Å². The number of carboxylic acid groups (broad SMARTS) is 1. The molecule has 0 saturated carbocycles. The molecule has 27 heavy (non-hydrogen) atoms. The van der Waals surface area contributed by atoms with Crippen LogP contribution in [0.5, 0.6) is 0 Å². The van der Waals surface area contributed by atoms with Crippen LogP contribution in [0.1, 0.15) is 39.0 Å². The fourth-order valence-corrected chi connectivity index (χ4v) is 3.19. The van der Waals surface area contributed by atoms with Gasteiger partial charge in [0, 0.05) is 18.7 Å². The molecule has 0 spiro atoms. The number of carbonyl (C=O) groups is 2. The lowest BCUT2D eigenvalue weighted by Gasteiger charge is -2.35. The maximum atomic E-state index is 12.3. The molecule has 1 aliphatic rings. The Hall–Kier alpha value is -2.83. The normalized spacial score (nSPS) is 20.3. The quantitative estimate of drug-likeness (QED) is 0.882. The summed E-state index contributed by atoms with van der Waals surface area (Å²) >= 11 is 0. The monoisotopic (exact) mass is 372 g/mol. The number of nitrogens with zero attached hydrogens (tertiary/aromatic N) is 2. The zero-order chi connectivity index (χ0) is 19.6. The van der Waals surface area contributed by atoms with Crippen molar-refractivity contribution in [3.63, 3.8) is 0 Å². The summed E-state index contributed by atoms with van der Waals surface area (Å²) in [6.45, 7) is 5.81. The van der Waals surface area contributed by atoms with Crippen molar-refractivity contribution in [2.24, 2.45) is 5.92 Å². The van der Waals surface area contributed by atoms with E-state index < -0.39 is 29.5 Å². The van der Waals surface area contributed by atoms with Gasteiger partial charge < -0.3 is 19.2 Å². The van der Waals surface area contributed by atoms with E-state index >= 15 is 0 Å². The topological polar surface area (TPSA) is 92.9 Å². The zero-order valence-corrected chi connectivity index (χ0v) is 15.7. The molecule has 1 aromatic carbocycles. The lowest BCUT2D eigenvalue weighted by Crippen LogP contribution is -2.47. The van der Waals surface area contributed by atoms with Gasteiger partial charge >= 0.3 is 12.1 Å². The summed E-state index contributed by atoms with van der Waals surface area (Å²) in [6, 6.07) is 9.52. The second-order valence-electron chi connectivity index (χ2n) is 7.70. The fourth-order valence-electron chi connectivity index (χ4n) is 3.19. The Balaban J connectivity index is 1.76. The van der Waals surface area contributed by atoms with Gasteiger partial charge in [0.2, 0.25) is 0 Å². The third kappa shape index (κ3) is 4.48. The number of aliphatic carboxylic acids is 1. The van der Waals surface area contributed by atoms with Crippen LogP contribution < -0.4 is 0 Å². The van der Waals surface area contributed by atoms with Gasteiger partial charge in [-0.1, -0.05) is 30.3 Å². The third-order valence-electron chi connectivity index (χ3n) is 4.48. The third-order valence-corrected chi connectivity index (χ3v) is 4.48. The van der Waals surface area contributed by atoms with Crippen molar-refractivity contribution in [2.75, 3.05) is 13.1 Å². The van der Waals surface area contributed by atoms with Crippen molar-refractivity contribution in [1.29, 1.82) is 0 Å². The maximum Gasteiger partial charge on any atom is 0.410 e. The second-order valence-corrected chi connectivity index (χ2v) is 7.70. The number of amides is 1. The molecule has 144 valence electrons. The minimum Gasteiger partial charge on any atom is -0.481 e. The maximum absolute atomic E-state index is 12.3. The number of aromatic nitrogens is 1. The Morgan fingerprint density at radius 2 is 1.96 bits per heavy atom. The van der Waals surface area contributed by atoms with Crippen molar-refractivity contribution in [1.82, 2.24) is 9.88 Å². The van der Waals surface area contributed by atoms with Gasteiger partial charge in [-0.05, 0) is 27.2 Å². The minimum absolute atomic E-state index is 0.0674. The smallest absolute Gasteiger partial charge is 0.410 e. The number of oxazole rings is 1. The van der Waals surface area contributed by atoms with Crippen molar-refractivity contribution >= 4 is 12.1 Å². The van der Waals surface area contributed by atoms with Gasteiger partial charge in [0.15, 0.2) is 11.7 Å². The predicted molar refractivity (Wildman–Crippen MR) is 98.2 cm³/mol. The first-order valence-electron chi connectivity index (χ1n) is 8.96. The van der Waals surface area contributed by atoms with E-state index in [9.17, 15) is 14.7 Å². The van der Waals surface area contributed by atoms with Gasteiger partial charge in [-0.15, -0.1) is 0 Å². The van der Waals surface area contributed by atoms with Crippen LogP contribution in [0.4, 0.5) is 4.79 Å². The highest BCUT2D eigenvalue weighted by atomic mass is 16.6. The lowest BCUT2D eigenvalue weighted by atomic mass is 9.85. The molecule has 1 N–H and O–H groups in total. The summed E-state index contributed by atoms with van der Waals surface area (Å²) < 4.78 is 11.2. The summed E-state index contributed by atoms with van der Waals surface area (Å²) in [5.74, 6) is -1.17. The first-order valence-corrected chi connectivity index (χ1v) is 8.96. The molecule has 0 bridgehead atoms. The van der Waals surface area contributed by atoms with Crippen molar-refractivity contribution in [3.05, 3.63) is 42.4 Å². The van der Waals surface area contributed by atoms with E-state index in [1.165, 1.54) is 4.90 Å². The van der Waals surface area contributed by atoms with Crippen molar-refractivity contribution in [3.8, 4) is 11.3 Å². The second kappa shape index (κ2) is 7.42. The summed E-state index contributed by atoms with van der Waals surface area (Å²) in [7, 11) is 0. The van der Waals surface area contributed by atoms with Crippen LogP contribution in [-0.2, 0) is 9.53 Å². The number of ether oxygens (including phenoxy) is 1. The van der Waals surface area contributed by atoms with Crippen LogP contribution in [-0.4, -0.2) is 45.7 Å². The highest BCUT2D eigenvalue weighted by Crippen LogP contribution is 2.35. The predicted octanol–water partition coefficient (Wildman–Crippen LogP) is 3.77. The molecule has 1 aromatic heterocycles. The van der Waals surface area contributed by atoms with E-state index in [0.717, 1.165) is 5.56 Å². The number of hydrogen-bond acceptors (Lipinski definition) is 5. The van der Waals surface area contributed by atoms with Crippen LogP contribution in [0.3, 0.4) is 0 Å². The molecule has 0 aliphatic carbocycles. The molecular formula is C20H24N2O5. The molecule has 1 aliphatic heterocycles. The molecular weight excluding hydrogens is 348 g/mol. The van der Waals surface area contributed by atoms with Gasteiger partial charge in [0.1, 0.15) is 5.60 Å². The van der Waals surface area contributed by atoms with E-state index in [-0.39, 0.29) is 6.54 Å². The molecule has 7 nitrogen and oxygen atoms in total. The molecule has 7 heteroatoms. The number of likely N-dealkylation sites (tertiary alicyclic amines) is 1. The molecule has 2 aromatic rings. The molecule has 2 atom stereocenters. The summed E-state index contributed by atoms with van der Waals surface area (Å²) in [5.41, 5.74) is 0.258. The van der Waals surface area contributed by atoms with Gasteiger partial charge in [-0.3, -0.25) is 4.79 Å². The zero-order valence-electron chi connectivity index (χ0n) is 15.7. The van der Waals surface area contributed by atoms with Gasteiger partial charge in [-0.2, -0.15) is 0 Å². The SMILES string of the molecule is CC(C)(C)OC(=O)N1CCC(c2ncc(-c3ccccc3)o2)C(C(=O)O)C1. The summed E-state index contributed by atoms with van der Waals surface area (Å²) in [6.07, 6.45) is 1.57. The first kappa shape index (κ1) is 18.9. The molecule has 1 amide bonds. The molecule has 2 heterocycles. The van der Waals surface area contributed by atoms with E-state index in [1.54, 1.807) is 27.0 Å². The Morgan fingerprint density at radius 3 is 2.59 bits per heavy atom. The standard InChI is InChI=1S/C20H24N2O5/c1-20(2,3)27-19(25)22-10-9-14(15(12-22)18(23)24)17-21-11-16(26-17)13-7-5-4-6-8-13/h4-8,11,14-15H,9-10,12H2,1-3H3,(H,23,24). The number of piperidine rings is 1. The fraction of sp³-hybridized carbons (Fsp3) is 0.450. The molecule has 0 radical (unpaired) electrons. The summed E-state index contributed by atoms with van der Waals surface area (Å²) in [5, 5.41) is 9.68. The van der Waals surface area contributed by atoms with Crippen LogP contribution >= 0.6 is 0 Å². The molecule has 3 rings (SSSR count). The number of carboxylic acids is 1. The number of rotatable bonds is 3. The average molecular weight is 372 g/mol. The number of hydrogen-bond donors (Lipinski definition) is 1. The largest absolute Gasteiger partial charge is 0.481 e. The van der Waals surface area contributed by atoms with Gasteiger partial charge in [-0.25, -0.2) is 9.78 Å². The minimum atomic E-state index is -0.979. The molecule has 2 unspecified atom stereocenters. The van der Waals surface area contributed by atoms with E-state index in [2.05, 4.69) is 4.98 Å². The Labute approximate surface area is 158 Å². The van der Waals surface area contributed by atoms with Crippen molar-refractivity contribution in [2.45, 2.75) is 38.7 Å². The van der Waals surface area contributed by atoms with Gasteiger partial charge in [0.25, 0.3) is 0 Å². The molecule has 1 saturated heterocycles. The highest BCUT2D eigenvalue weighted by Gasteiger charge is 2.40. The van der Waals surface area contributed by atoms with Gasteiger partial charge in [0.05, 0.1) is 18.0 Å². The Kier molecular flexibility index (Phi) is 5.21.